The summed E-state index contributed by atoms with van der Waals surface area (Å²) >= 11 is 5.99. The van der Waals surface area contributed by atoms with E-state index < -0.39 is 0 Å². The molecule has 23 heavy (non-hydrogen) atoms. The van der Waals surface area contributed by atoms with E-state index in [0.29, 0.717) is 22.3 Å². The summed E-state index contributed by atoms with van der Waals surface area (Å²) in [7, 11) is 0. The SMILES string of the molecule is Cc1ccc(-c2nc(CNC(=O)c3ccccc3Cl)no2)cc1. The van der Waals surface area contributed by atoms with Crippen molar-refractivity contribution in [2.24, 2.45) is 0 Å². The standard InChI is InChI=1S/C17H14ClN3O2/c1-11-6-8-12(9-7-11)17-20-15(21-23-17)10-19-16(22)13-4-2-3-5-14(13)18/h2-9H,10H2,1H3,(H,19,22). The molecule has 5 nitrogen and oxygen atoms in total. The van der Waals surface area contributed by atoms with Gasteiger partial charge in [-0.05, 0) is 31.2 Å². The van der Waals surface area contributed by atoms with Crippen LogP contribution in [-0.2, 0) is 6.54 Å². The van der Waals surface area contributed by atoms with Crippen LogP contribution in [0.2, 0.25) is 5.02 Å². The minimum atomic E-state index is -0.280. The zero-order chi connectivity index (χ0) is 16.2. The van der Waals surface area contributed by atoms with Gasteiger partial charge in [-0.3, -0.25) is 4.79 Å². The lowest BCUT2D eigenvalue weighted by Crippen LogP contribution is -2.23. The van der Waals surface area contributed by atoms with E-state index in [9.17, 15) is 4.79 Å². The highest BCUT2D eigenvalue weighted by Gasteiger charge is 2.12. The van der Waals surface area contributed by atoms with E-state index >= 15 is 0 Å². The Morgan fingerprint density at radius 1 is 1.17 bits per heavy atom. The molecule has 6 heteroatoms. The molecular weight excluding hydrogens is 314 g/mol. The van der Waals surface area contributed by atoms with E-state index in [4.69, 9.17) is 16.1 Å². The van der Waals surface area contributed by atoms with Crippen LogP contribution in [0.5, 0.6) is 0 Å². The maximum Gasteiger partial charge on any atom is 0.257 e. The smallest absolute Gasteiger partial charge is 0.257 e. The molecule has 3 rings (SSSR count). The second-order valence-corrected chi connectivity index (χ2v) is 5.45. The fraction of sp³-hybridized carbons (Fsp3) is 0.118. The van der Waals surface area contributed by atoms with E-state index in [1.165, 1.54) is 0 Å². The molecule has 0 saturated heterocycles. The Morgan fingerprint density at radius 3 is 2.65 bits per heavy atom. The minimum Gasteiger partial charge on any atom is -0.345 e. The number of aryl methyl sites for hydroxylation is 1. The number of nitrogens with zero attached hydrogens (tertiary/aromatic N) is 2. The van der Waals surface area contributed by atoms with Crippen molar-refractivity contribution >= 4 is 17.5 Å². The zero-order valence-corrected chi connectivity index (χ0v) is 13.2. The lowest BCUT2D eigenvalue weighted by atomic mass is 10.1. The summed E-state index contributed by atoms with van der Waals surface area (Å²) in [5.74, 6) is 0.547. The Balaban J connectivity index is 1.67. The van der Waals surface area contributed by atoms with Crippen molar-refractivity contribution in [2.75, 3.05) is 0 Å². The first-order valence-electron chi connectivity index (χ1n) is 7.06. The molecule has 1 N–H and O–H groups in total. The summed E-state index contributed by atoms with van der Waals surface area (Å²) in [6, 6.07) is 14.6. The highest BCUT2D eigenvalue weighted by Crippen LogP contribution is 2.18. The number of carbonyl (C=O) groups excluding carboxylic acids is 1. The van der Waals surface area contributed by atoms with Gasteiger partial charge < -0.3 is 9.84 Å². The van der Waals surface area contributed by atoms with Gasteiger partial charge in [0.2, 0.25) is 0 Å². The van der Waals surface area contributed by atoms with Crippen LogP contribution in [0.4, 0.5) is 0 Å². The van der Waals surface area contributed by atoms with Gasteiger partial charge in [0.1, 0.15) is 0 Å². The molecular formula is C17H14ClN3O2. The number of rotatable bonds is 4. The van der Waals surface area contributed by atoms with Crippen molar-refractivity contribution in [3.8, 4) is 11.5 Å². The van der Waals surface area contributed by atoms with Crippen LogP contribution in [0.15, 0.2) is 53.1 Å². The van der Waals surface area contributed by atoms with Crippen LogP contribution < -0.4 is 5.32 Å². The number of amides is 1. The van der Waals surface area contributed by atoms with Crippen molar-refractivity contribution < 1.29 is 9.32 Å². The van der Waals surface area contributed by atoms with Gasteiger partial charge >= 0.3 is 0 Å². The first-order valence-corrected chi connectivity index (χ1v) is 7.43. The largest absolute Gasteiger partial charge is 0.345 e. The molecule has 0 atom stereocenters. The Hall–Kier alpha value is -2.66. The average Bonchev–Trinajstić information content (AvgIpc) is 3.03. The van der Waals surface area contributed by atoms with Crippen molar-refractivity contribution in [2.45, 2.75) is 13.5 Å². The molecule has 1 aromatic heterocycles. The van der Waals surface area contributed by atoms with Crippen LogP contribution in [-0.4, -0.2) is 16.0 Å². The molecule has 3 aromatic rings. The molecule has 0 unspecified atom stereocenters. The Labute approximate surface area is 138 Å². The molecule has 116 valence electrons. The second kappa shape index (κ2) is 6.62. The highest BCUT2D eigenvalue weighted by molar-refractivity contribution is 6.33. The Morgan fingerprint density at radius 2 is 1.91 bits per heavy atom. The number of hydrogen-bond donors (Lipinski definition) is 1. The van der Waals surface area contributed by atoms with Crippen molar-refractivity contribution in [3.05, 3.63) is 70.5 Å². The van der Waals surface area contributed by atoms with Gasteiger partial charge in [0.05, 0.1) is 17.1 Å². The van der Waals surface area contributed by atoms with Gasteiger partial charge in [-0.2, -0.15) is 4.98 Å². The first-order chi connectivity index (χ1) is 11.1. The minimum absolute atomic E-state index is 0.166. The number of halogens is 1. The van der Waals surface area contributed by atoms with Crippen molar-refractivity contribution in [1.82, 2.24) is 15.5 Å². The molecule has 0 fully saturated rings. The van der Waals surface area contributed by atoms with Crippen molar-refractivity contribution in [1.29, 1.82) is 0 Å². The van der Waals surface area contributed by atoms with Gasteiger partial charge in [0, 0.05) is 5.56 Å². The number of aromatic nitrogens is 2. The van der Waals surface area contributed by atoms with E-state index in [-0.39, 0.29) is 12.5 Å². The highest BCUT2D eigenvalue weighted by atomic mass is 35.5. The molecule has 0 spiro atoms. The van der Waals surface area contributed by atoms with Crippen LogP contribution in [0.25, 0.3) is 11.5 Å². The quantitative estimate of drug-likeness (QED) is 0.794. The predicted octanol–water partition coefficient (Wildman–Crippen LogP) is 3.63. The maximum atomic E-state index is 12.1. The van der Waals surface area contributed by atoms with Gasteiger partial charge in [0.25, 0.3) is 11.8 Å². The first kappa shape index (κ1) is 15.2. The summed E-state index contributed by atoms with van der Waals surface area (Å²) in [4.78, 5) is 16.3. The van der Waals surface area contributed by atoms with E-state index in [1.54, 1.807) is 24.3 Å². The van der Waals surface area contributed by atoms with Crippen LogP contribution in [0.1, 0.15) is 21.7 Å². The number of nitrogens with one attached hydrogen (secondary N) is 1. The molecule has 1 amide bonds. The second-order valence-electron chi connectivity index (χ2n) is 5.04. The lowest BCUT2D eigenvalue weighted by molar-refractivity contribution is 0.0950. The number of benzene rings is 2. The zero-order valence-electron chi connectivity index (χ0n) is 12.4. The van der Waals surface area contributed by atoms with Gasteiger partial charge in [-0.15, -0.1) is 0 Å². The Bertz CT molecular complexity index is 828. The van der Waals surface area contributed by atoms with Crippen LogP contribution in [0, 0.1) is 6.92 Å². The maximum absolute atomic E-state index is 12.1. The van der Waals surface area contributed by atoms with Gasteiger partial charge in [0.15, 0.2) is 5.82 Å². The van der Waals surface area contributed by atoms with E-state index in [0.717, 1.165) is 11.1 Å². The molecule has 2 aromatic carbocycles. The third kappa shape index (κ3) is 3.57. The fourth-order valence-electron chi connectivity index (χ4n) is 2.04. The average molecular weight is 328 g/mol. The number of carbonyl (C=O) groups is 1. The topological polar surface area (TPSA) is 68.0 Å². The molecule has 0 radical (unpaired) electrons. The predicted molar refractivity (Wildman–Crippen MR) is 87.1 cm³/mol. The number of hydrogen-bond acceptors (Lipinski definition) is 4. The normalized spacial score (nSPS) is 10.5. The summed E-state index contributed by atoms with van der Waals surface area (Å²) in [6.07, 6.45) is 0. The van der Waals surface area contributed by atoms with E-state index in [1.807, 2.05) is 31.2 Å². The third-order valence-corrected chi connectivity index (χ3v) is 3.62. The van der Waals surface area contributed by atoms with Crippen molar-refractivity contribution in [3.63, 3.8) is 0 Å². The van der Waals surface area contributed by atoms with E-state index in [2.05, 4.69) is 15.5 Å². The third-order valence-electron chi connectivity index (χ3n) is 3.29. The monoisotopic (exact) mass is 327 g/mol. The molecule has 1 heterocycles. The lowest BCUT2D eigenvalue weighted by Gasteiger charge is -2.03. The fourth-order valence-corrected chi connectivity index (χ4v) is 2.26. The summed E-state index contributed by atoms with van der Waals surface area (Å²) in [5.41, 5.74) is 2.41. The summed E-state index contributed by atoms with van der Waals surface area (Å²) < 4.78 is 5.21. The van der Waals surface area contributed by atoms with Crippen LogP contribution >= 0.6 is 11.6 Å². The molecule has 0 aliphatic rings. The molecule has 0 aliphatic carbocycles. The summed E-state index contributed by atoms with van der Waals surface area (Å²) in [5, 5.41) is 6.99. The summed E-state index contributed by atoms with van der Waals surface area (Å²) in [6.45, 7) is 2.17. The Kier molecular flexibility index (Phi) is 4.39. The molecule has 0 aliphatic heterocycles. The molecule has 0 bridgehead atoms. The van der Waals surface area contributed by atoms with Gasteiger partial charge in [-0.1, -0.05) is 46.6 Å². The van der Waals surface area contributed by atoms with Gasteiger partial charge in [-0.25, -0.2) is 0 Å². The van der Waals surface area contributed by atoms with Crippen LogP contribution in [0.3, 0.4) is 0 Å². The molecule has 0 saturated carbocycles.